The van der Waals surface area contributed by atoms with Crippen molar-refractivity contribution in [2.75, 3.05) is 0 Å². The molecule has 0 aliphatic rings. The molecular formula is C19H18N6O2. The van der Waals surface area contributed by atoms with Gasteiger partial charge in [-0.25, -0.2) is 15.0 Å². The van der Waals surface area contributed by atoms with Crippen molar-refractivity contribution in [2.45, 2.75) is 26.3 Å². The molecule has 1 atom stereocenters. The normalized spacial score (nSPS) is 12.4. The summed E-state index contributed by atoms with van der Waals surface area (Å²) in [6.07, 6.45) is 7.28. The predicted octanol–water partition coefficient (Wildman–Crippen LogP) is 1.93. The Kier molecular flexibility index (Phi) is 4.15. The topological polar surface area (TPSA) is 93.7 Å². The number of imidazole rings is 1. The molecule has 8 heteroatoms. The lowest BCUT2D eigenvalue weighted by Crippen LogP contribution is -2.34. The molecule has 0 aromatic carbocycles. The fourth-order valence-electron chi connectivity index (χ4n) is 3.07. The minimum absolute atomic E-state index is 0.00198. The fourth-order valence-corrected chi connectivity index (χ4v) is 3.07. The van der Waals surface area contributed by atoms with Crippen molar-refractivity contribution >= 4 is 17.3 Å². The summed E-state index contributed by atoms with van der Waals surface area (Å²) < 4.78 is 3.23. The summed E-state index contributed by atoms with van der Waals surface area (Å²) >= 11 is 0. The van der Waals surface area contributed by atoms with E-state index in [9.17, 15) is 9.59 Å². The Labute approximate surface area is 154 Å². The smallest absolute Gasteiger partial charge is 0.270 e. The Hall–Kier alpha value is -3.55. The average molecular weight is 362 g/mol. The zero-order valence-corrected chi connectivity index (χ0v) is 15.0. The maximum absolute atomic E-state index is 12.8. The van der Waals surface area contributed by atoms with Crippen LogP contribution in [0, 0.1) is 6.92 Å². The van der Waals surface area contributed by atoms with E-state index in [4.69, 9.17) is 0 Å². The third-order valence-corrected chi connectivity index (χ3v) is 4.49. The van der Waals surface area contributed by atoms with E-state index < -0.39 is 5.91 Å². The van der Waals surface area contributed by atoms with Crippen molar-refractivity contribution in [3.63, 3.8) is 0 Å². The molecule has 27 heavy (non-hydrogen) atoms. The van der Waals surface area contributed by atoms with Crippen LogP contribution in [0.2, 0.25) is 0 Å². The molecule has 0 saturated heterocycles. The maximum Gasteiger partial charge on any atom is 0.270 e. The summed E-state index contributed by atoms with van der Waals surface area (Å²) in [6.45, 7) is 3.74. The Balaban J connectivity index is 1.68. The summed E-state index contributed by atoms with van der Waals surface area (Å²) in [5.41, 5.74) is 1.53. The van der Waals surface area contributed by atoms with Gasteiger partial charge in [0.05, 0.1) is 11.7 Å². The first-order chi connectivity index (χ1) is 13.1. The Morgan fingerprint density at radius 3 is 2.89 bits per heavy atom. The Bertz CT molecular complexity index is 1180. The molecule has 0 spiro atoms. The van der Waals surface area contributed by atoms with Gasteiger partial charge in [-0.05, 0) is 31.5 Å². The van der Waals surface area contributed by atoms with Gasteiger partial charge in [-0.2, -0.15) is 0 Å². The van der Waals surface area contributed by atoms with E-state index in [0.717, 1.165) is 5.69 Å². The molecule has 4 rings (SSSR count). The van der Waals surface area contributed by atoms with Crippen molar-refractivity contribution in [1.29, 1.82) is 0 Å². The van der Waals surface area contributed by atoms with Crippen molar-refractivity contribution in [1.82, 2.24) is 29.1 Å². The quantitative estimate of drug-likeness (QED) is 0.599. The van der Waals surface area contributed by atoms with Gasteiger partial charge in [0, 0.05) is 30.5 Å². The minimum Gasteiger partial charge on any atom is -0.343 e. The van der Waals surface area contributed by atoms with Gasteiger partial charge in [0.15, 0.2) is 0 Å². The van der Waals surface area contributed by atoms with Gasteiger partial charge in [0.1, 0.15) is 11.2 Å². The van der Waals surface area contributed by atoms with E-state index in [1.54, 1.807) is 29.7 Å². The third kappa shape index (κ3) is 2.95. The van der Waals surface area contributed by atoms with Crippen LogP contribution < -0.4 is 10.9 Å². The molecule has 1 unspecified atom stereocenters. The molecule has 0 aliphatic carbocycles. The Morgan fingerprint density at radius 1 is 1.26 bits per heavy atom. The fraction of sp³-hybridized carbons (Fsp3) is 0.211. The van der Waals surface area contributed by atoms with E-state index in [0.29, 0.717) is 23.5 Å². The highest BCUT2D eigenvalue weighted by Gasteiger charge is 2.20. The second-order valence-electron chi connectivity index (χ2n) is 6.26. The molecule has 0 bridgehead atoms. The zero-order valence-electron chi connectivity index (χ0n) is 15.0. The first kappa shape index (κ1) is 16.9. The van der Waals surface area contributed by atoms with Crippen LogP contribution in [0.25, 0.3) is 11.4 Å². The van der Waals surface area contributed by atoms with Crippen LogP contribution in [-0.2, 0) is 0 Å². The number of amides is 1. The largest absolute Gasteiger partial charge is 0.343 e. The highest BCUT2D eigenvalue weighted by molar-refractivity contribution is 5.94. The van der Waals surface area contributed by atoms with Crippen LogP contribution >= 0.6 is 0 Å². The molecule has 4 aromatic heterocycles. The Morgan fingerprint density at radius 2 is 2.11 bits per heavy atom. The second kappa shape index (κ2) is 6.64. The molecule has 136 valence electrons. The van der Waals surface area contributed by atoms with Crippen molar-refractivity contribution in [3.05, 3.63) is 76.4 Å². The number of carbonyl (C=O) groups excluding carboxylic acids is 1. The van der Waals surface area contributed by atoms with Gasteiger partial charge in [-0.1, -0.05) is 13.0 Å². The van der Waals surface area contributed by atoms with Gasteiger partial charge in [0.2, 0.25) is 5.78 Å². The lowest BCUT2D eigenvalue weighted by molar-refractivity contribution is 0.0932. The number of rotatable bonds is 4. The number of pyridine rings is 1. The molecule has 1 N–H and O–H groups in total. The van der Waals surface area contributed by atoms with E-state index in [1.807, 2.05) is 31.5 Å². The maximum atomic E-state index is 12.8. The number of fused-ring (bicyclic) bond motifs is 2. The summed E-state index contributed by atoms with van der Waals surface area (Å²) in [7, 11) is 0. The molecule has 4 aromatic rings. The first-order valence-corrected chi connectivity index (χ1v) is 8.66. The van der Waals surface area contributed by atoms with Crippen LogP contribution in [0.3, 0.4) is 0 Å². The van der Waals surface area contributed by atoms with Crippen LogP contribution in [-0.4, -0.2) is 29.7 Å². The van der Waals surface area contributed by atoms with E-state index >= 15 is 0 Å². The second-order valence-corrected chi connectivity index (χ2v) is 6.26. The predicted molar refractivity (Wildman–Crippen MR) is 99.7 cm³/mol. The zero-order chi connectivity index (χ0) is 19.0. The number of aryl methyl sites for hydroxylation is 1. The lowest BCUT2D eigenvalue weighted by atomic mass is 10.1. The number of hydrogen-bond acceptors (Lipinski definition) is 5. The monoisotopic (exact) mass is 362 g/mol. The summed E-state index contributed by atoms with van der Waals surface area (Å²) in [5.74, 6) is 0.0882. The third-order valence-electron chi connectivity index (χ3n) is 4.49. The average Bonchev–Trinajstić information content (AvgIpc) is 3.10. The number of nitrogens with one attached hydrogen (secondary N) is 1. The lowest BCUT2D eigenvalue weighted by Gasteiger charge is -2.14. The molecule has 0 aliphatic heterocycles. The van der Waals surface area contributed by atoms with E-state index in [2.05, 4.69) is 20.3 Å². The molecule has 0 fully saturated rings. The van der Waals surface area contributed by atoms with E-state index in [-0.39, 0.29) is 17.2 Å². The molecule has 4 heterocycles. The molecule has 8 nitrogen and oxygen atoms in total. The summed E-state index contributed by atoms with van der Waals surface area (Å²) in [6, 6.07) is 6.82. The highest BCUT2D eigenvalue weighted by Crippen LogP contribution is 2.16. The number of carbonyl (C=O) groups is 1. The first-order valence-electron chi connectivity index (χ1n) is 8.66. The molecule has 1 amide bonds. The van der Waals surface area contributed by atoms with Crippen molar-refractivity contribution in [3.8, 4) is 0 Å². The van der Waals surface area contributed by atoms with Crippen LogP contribution in [0.1, 0.15) is 41.1 Å². The van der Waals surface area contributed by atoms with Crippen LogP contribution in [0.15, 0.2) is 53.8 Å². The van der Waals surface area contributed by atoms with Crippen LogP contribution in [0.4, 0.5) is 0 Å². The molecular weight excluding hydrogens is 344 g/mol. The summed E-state index contributed by atoms with van der Waals surface area (Å²) in [5, 5.41) is 2.89. The SMILES string of the molecule is CCC(NC(=O)c1cnc2cccc(C)n2c1=O)c1cn2cccnc2n1. The van der Waals surface area contributed by atoms with Gasteiger partial charge in [-0.15, -0.1) is 0 Å². The molecule has 0 radical (unpaired) electrons. The standard InChI is InChI=1S/C19H18N6O2/c1-3-14(15-11-24-9-5-8-20-19(24)23-15)22-17(26)13-10-21-16-7-4-6-12(2)25(16)18(13)27/h4-11,14H,3H2,1-2H3,(H,22,26). The minimum atomic E-state index is -0.470. The number of hydrogen-bond donors (Lipinski definition) is 1. The van der Waals surface area contributed by atoms with Gasteiger partial charge >= 0.3 is 0 Å². The van der Waals surface area contributed by atoms with Crippen molar-refractivity contribution < 1.29 is 4.79 Å². The van der Waals surface area contributed by atoms with Crippen molar-refractivity contribution in [2.24, 2.45) is 0 Å². The van der Waals surface area contributed by atoms with E-state index in [1.165, 1.54) is 10.6 Å². The summed E-state index contributed by atoms with van der Waals surface area (Å²) in [4.78, 5) is 38.4. The van der Waals surface area contributed by atoms with Gasteiger partial charge < -0.3 is 5.32 Å². The number of nitrogens with zero attached hydrogens (tertiary/aromatic N) is 5. The number of aromatic nitrogens is 5. The van der Waals surface area contributed by atoms with Crippen LogP contribution in [0.5, 0.6) is 0 Å². The van der Waals surface area contributed by atoms with Gasteiger partial charge in [0.25, 0.3) is 11.5 Å². The van der Waals surface area contributed by atoms with Gasteiger partial charge in [-0.3, -0.25) is 18.4 Å². The molecule has 0 saturated carbocycles. The highest BCUT2D eigenvalue weighted by atomic mass is 16.2.